The average molecular weight is 347 g/mol. The lowest BCUT2D eigenvalue weighted by Crippen LogP contribution is -2.47. The Bertz CT molecular complexity index is 598. The fourth-order valence-electron chi connectivity index (χ4n) is 2.46. The number of rotatable bonds is 6. The number of piperazine rings is 1. The Hall–Kier alpha value is -2.28. The van der Waals surface area contributed by atoms with E-state index in [0.717, 1.165) is 23.8 Å². The Labute approximate surface area is 149 Å². The average Bonchev–Trinajstić information content (AvgIpc) is 2.62. The zero-order valence-electron chi connectivity index (χ0n) is 15.6. The fraction of sp³-hybridized carbons (Fsp3) is 0.556. The molecule has 1 heterocycles. The van der Waals surface area contributed by atoms with E-state index in [0.29, 0.717) is 26.2 Å². The first kappa shape index (κ1) is 19.1. The third-order valence-corrected chi connectivity index (χ3v) is 4.26. The fourth-order valence-corrected chi connectivity index (χ4v) is 2.46. The number of guanidine groups is 1. The zero-order valence-corrected chi connectivity index (χ0v) is 15.6. The van der Waals surface area contributed by atoms with Gasteiger partial charge in [-0.2, -0.15) is 0 Å². The predicted octanol–water partition coefficient (Wildman–Crippen LogP) is 0.713. The highest BCUT2D eigenvalue weighted by Gasteiger charge is 2.17. The summed E-state index contributed by atoms with van der Waals surface area (Å²) in [4.78, 5) is 17.8. The molecular weight excluding hydrogens is 318 g/mol. The Kier molecular flexibility index (Phi) is 6.64. The standard InChI is InChI=1S/C18H29N5O2/c1-18(2,25-4)13-22-17(19-3)21-11-14-5-7-15(8-6-14)23-10-9-20-16(24)12-23/h5-8H,9-13H2,1-4H3,(H,20,24)(H2,19,21,22). The highest BCUT2D eigenvalue weighted by Crippen LogP contribution is 2.16. The number of hydrogen-bond acceptors (Lipinski definition) is 4. The van der Waals surface area contributed by atoms with Crippen molar-refractivity contribution in [2.45, 2.75) is 26.0 Å². The van der Waals surface area contributed by atoms with E-state index in [4.69, 9.17) is 4.74 Å². The van der Waals surface area contributed by atoms with Crippen LogP contribution in [-0.2, 0) is 16.1 Å². The SMILES string of the molecule is CN=C(NCc1ccc(N2CCNC(=O)C2)cc1)NCC(C)(C)OC. The molecule has 1 aromatic carbocycles. The summed E-state index contributed by atoms with van der Waals surface area (Å²) in [7, 11) is 3.45. The van der Waals surface area contributed by atoms with E-state index in [-0.39, 0.29) is 11.5 Å². The first-order valence-electron chi connectivity index (χ1n) is 8.54. The van der Waals surface area contributed by atoms with Crippen molar-refractivity contribution in [1.29, 1.82) is 0 Å². The zero-order chi connectivity index (χ0) is 18.3. The molecule has 0 bridgehead atoms. The molecule has 1 saturated heterocycles. The molecule has 7 heteroatoms. The minimum absolute atomic E-state index is 0.0749. The predicted molar refractivity (Wildman–Crippen MR) is 101 cm³/mol. The van der Waals surface area contributed by atoms with Gasteiger partial charge in [0.15, 0.2) is 5.96 Å². The van der Waals surface area contributed by atoms with Gasteiger partial charge in [0.2, 0.25) is 5.91 Å². The van der Waals surface area contributed by atoms with Crippen molar-refractivity contribution in [2.75, 3.05) is 45.2 Å². The lowest BCUT2D eigenvalue weighted by atomic mass is 10.1. The van der Waals surface area contributed by atoms with Crippen molar-refractivity contribution in [2.24, 2.45) is 4.99 Å². The van der Waals surface area contributed by atoms with Crippen molar-refractivity contribution in [3.8, 4) is 0 Å². The van der Waals surface area contributed by atoms with Crippen LogP contribution in [0, 0.1) is 0 Å². The highest BCUT2D eigenvalue weighted by atomic mass is 16.5. The largest absolute Gasteiger partial charge is 0.377 e. The number of anilines is 1. The number of aliphatic imine (C=N–C) groups is 1. The molecule has 1 aliphatic rings. The van der Waals surface area contributed by atoms with Crippen LogP contribution in [0.3, 0.4) is 0 Å². The third-order valence-electron chi connectivity index (χ3n) is 4.26. The Balaban J connectivity index is 1.85. The highest BCUT2D eigenvalue weighted by molar-refractivity contribution is 5.82. The molecule has 0 aliphatic carbocycles. The summed E-state index contributed by atoms with van der Waals surface area (Å²) in [6.45, 7) is 7.34. The van der Waals surface area contributed by atoms with Crippen LogP contribution in [0.15, 0.2) is 29.3 Å². The van der Waals surface area contributed by atoms with Crippen molar-refractivity contribution >= 4 is 17.6 Å². The Morgan fingerprint density at radius 1 is 1.32 bits per heavy atom. The normalized spacial score (nSPS) is 15.8. The van der Waals surface area contributed by atoms with Crippen LogP contribution >= 0.6 is 0 Å². The molecule has 3 N–H and O–H groups in total. The number of hydrogen-bond donors (Lipinski definition) is 3. The number of nitrogens with zero attached hydrogens (tertiary/aromatic N) is 2. The second kappa shape index (κ2) is 8.71. The lowest BCUT2D eigenvalue weighted by molar-refractivity contribution is -0.120. The van der Waals surface area contributed by atoms with Gasteiger partial charge in [-0.15, -0.1) is 0 Å². The molecule has 1 aliphatic heterocycles. The first-order chi connectivity index (χ1) is 11.9. The van der Waals surface area contributed by atoms with Gasteiger partial charge in [0, 0.05) is 46.0 Å². The minimum Gasteiger partial charge on any atom is -0.377 e. The minimum atomic E-state index is -0.250. The van der Waals surface area contributed by atoms with Crippen molar-refractivity contribution in [3.05, 3.63) is 29.8 Å². The van der Waals surface area contributed by atoms with E-state index < -0.39 is 0 Å². The van der Waals surface area contributed by atoms with Gasteiger partial charge in [0.05, 0.1) is 12.1 Å². The van der Waals surface area contributed by atoms with E-state index in [2.05, 4.69) is 50.1 Å². The summed E-state index contributed by atoms with van der Waals surface area (Å²) in [6.07, 6.45) is 0. The summed E-state index contributed by atoms with van der Waals surface area (Å²) in [6, 6.07) is 8.25. The van der Waals surface area contributed by atoms with Gasteiger partial charge in [-0.3, -0.25) is 9.79 Å². The number of benzene rings is 1. The number of nitrogens with one attached hydrogen (secondary N) is 3. The smallest absolute Gasteiger partial charge is 0.239 e. The van der Waals surface area contributed by atoms with Crippen LogP contribution in [0.25, 0.3) is 0 Å². The maximum atomic E-state index is 11.5. The van der Waals surface area contributed by atoms with Crippen LogP contribution in [0.4, 0.5) is 5.69 Å². The number of methoxy groups -OCH3 is 1. The van der Waals surface area contributed by atoms with Crippen molar-refractivity contribution in [1.82, 2.24) is 16.0 Å². The molecule has 0 atom stereocenters. The van der Waals surface area contributed by atoms with Crippen LogP contribution < -0.4 is 20.9 Å². The summed E-state index contributed by atoms with van der Waals surface area (Å²) >= 11 is 0. The topological polar surface area (TPSA) is 78.0 Å². The molecule has 0 radical (unpaired) electrons. The molecule has 0 aromatic heterocycles. The van der Waals surface area contributed by atoms with Crippen LogP contribution in [-0.4, -0.2) is 57.8 Å². The van der Waals surface area contributed by atoms with Gasteiger partial charge in [-0.1, -0.05) is 12.1 Å². The van der Waals surface area contributed by atoms with Gasteiger partial charge in [-0.25, -0.2) is 0 Å². The molecule has 1 amide bonds. The van der Waals surface area contributed by atoms with Gasteiger partial charge in [0.25, 0.3) is 0 Å². The summed E-state index contributed by atoms with van der Waals surface area (Å²) in [5, 5.41) is 9.39. The summed E-state index contributed by atoms with van der Waals surface area (Å²) in [5.41, 5.74) is 1.97. The maximum absolute atomic E-state index is 11.5. The number of ether oxygens (including phenoxy) is 1. The molecule has 1 fully saturated rings. The van der Waals surface area contributed by atoms with E-state index in [1.165, 1.54) is 0 Å². The monoisotopic (exact) mass is 347 g/mol. The Morgan fingerprint density at radius 3 is 2.64 bits per heavy atom. The van der Waals surface area contributed by atoms with Crippen LogP contribution in [0.5, 0.6) is 0 Å². The molecule has 138 valence electrons. The molecule has 0 spiro atoms. The maximum Gasteiger partial charge on any atom is 0.239 e. The lowest BCUT2D eigenvalue weighted by Gasteiger charge is -2.28. The van der Waals surface area contributed by atoms with E-state index in [1.54, 1.807) is 14.2 Å². The quantitative estimate of drug-likeness (QED) is 0.522. The number of carbonyl (C=O) groups is 1. The molecule has 7 nitrogen and oxygen atoms in total. The molecule has 2 rings (SSSR count). The third kappa shape index (κ3) is 5.94. The second-order valence-electron chi connectivity index (χ2n) is 6.68. The molecule has 0 unspecified atom stereocenters. The van der Waals surface area contributed by atoms with Crippen molar-refractivity contribution in [3.63, 3.8) is 0 Å². The summed E-state index contributed by atoms with van der Waals surface area (Å²) < 4.78 is 5.40. The first-order valence-corrected chi connectivity index (χ1v) is 8.54. The molecular formula is C18H29N5O2. The molecule has 1 aromatic rings. The summed E-state index contributed by atoms with van der Waals surface area (Å²) in [5.74, 6) is 0.813. The Morgan fingerprint density at radius 2 is 2.04 bits per heavy atom. The van der Waals surface area contributed by atoms with E-state index in [9.17, 15) is 4.79 Å². The molecule has 0 saturated carbocycles. The number of carbonyl (C=O) groups excluding carboxylic acids is 1. The van der Waals surface area contributed by atoms with Gasteiger partial charge >= 0.3 is 0 Å². The van der Waals surface area contributed by atoms with Gasteiger partial charge in [0.1, 0.15) is 0 Å². The van der Waals surface area contributed by atoms with Gasteiger partial charge < -0.3 is 25.6 Å². The second-order valence-corrected chi connectivity index (χ2v) is 6.68. The molecule has 25 heavy (non-hydrogen) atoms. The van der Waals surface area contributed by atoms with Crippen molar-refractivity contribution < 1.29 is 9.53 Å². The van der Waals surface area contributed by atoms with E-state index in [1.807, 2.05) is 13.8 Å². The van der Waals surface area contributed by atoms with Gasteiger partial charge in [-0.05, 0) is 31.5 Å². The van der Waals surface area contributed by atoms with Crippen LogP contribution in [0.1, 0.15) is 19.4 Å². The number of amides is 1. The van der Waals surface area contributed by atoms with Crippen LogP contribution in [0.2, 0.25) is 0 Å². The van der Waals surface area contributed by atoms with E-state index >= 15 is 0 Å².